The molecule has 65 heavy (non-hydrogen) atoms. The van der Waals surface area contributed by atoms with E-state index in [2.05, 4.69) is 10.3 Å². The number of anilines is 1. The Hall–Kier alpha value is -5.26. The summed E-state index contributed by atoms with van der Waals surface area (Å²) in [6.45, 7) is -0.141. The van der Waals surface area contributed by atoms with E-state index >= 15 is 0 Å². The van der Waals surface area contributed by atoms with Crippen molar-refractivity contribution < 1.29 is 90.4 Å². The fraction of sp³-hybridized carbons (Fsp3) is 0.579. The highest BCUT2D eigenvalue weighted by atomic mass is 19.4. The molecule has 4 heterocycles. The Kier molecular flexibility index (Phi) is 17.6. The maximum atomic E-state index is 14.3. The number of H-pyrrole nitrogens is 1. The number of hydrogen-bond acceptors (Lipinski definition) is 15. The SMILES string of the molecule is CN1C(=O)[C@H]([C@H](O[C@@H]2O[C@H](CN)[C@@H](O)[C@H]2O)[C@H]2O[C@@H](n3ccc(=O)[nH]c3=O)[C@H](O)[C@@H]2O)N(C)CC=C1C(=O)Nc1ccc(C2CCCCC2)cc1.O=C(O)C(F)(F)F.O=C(O)C(F)(F)F. The van der Waals surface area contributed by atoms with E-state index in [4.69, 9.17) is 39.7 Å². The summed E-state index contributed by atoms with van der Waals surface area (Å²) in [7, 11) is 2.97. The summed E-state index contributed by atoms with van der Waals surface area (Å²) in [6.07, 6.45) is -15.3. The van der Waals surface area contributed by atoms with Gasteiger partial charge in [-0.05, 0) is 49.6 Å². The third-order valence-electron chi connectivity index (χ3n) is 10.8. The molecule has 10 atom stereocenters. The number of benzene rings is 1. The average molecular weight is 943 g/mol. The van der Waals surface area contributed by atoms with Gasteiger partial charge >= 0.3 is 30.0 Å². The van der Waals surface area contributed by atoms with Crippen LogP contribution in [0.5, 0.6) is 0 Å². The third-order valence-corrected chi connectivity index (χ3v) is 10.8. The summed E-state index contributed by atoms with van der Waals surface area (Å²) in [4.78, 5) is 74.7. The number of rotatable bonds is 9. The second-order valence-electron chi connectivity index (χ2n) is 15.2. The van der Waals surface area contributed by atoms with Crippen molar-refractivity contribution in [2.45, 2.75) is 112 Å². The monoisotopic (exact) mass is 942 g/mol. The van der Waals surface area contributed by atoms with E-state index in [-0.39, 0.29) is 18.8 Å². The predicted octanol–water partition coefficient (Wildman–Crippen LogP) is -0.444. The normalized spacial score (nSPS) is 28.2. The van der Waals surface area contributed by atoms with E-state index in [1.165, 1.54) is 36.8 Å². The lowest BCUT2D eigenvalue weighted by molar-refractivity contribution is -0.232. The molecule has 1 aromatic carbocycles. The van der Waals surface area contributed by atoms with Crippen molar-refractivity contribution in [3.63, 3.8) is 0 Å². The summed E-state index contributed by atoms with van der Waals surface area (Å²) in [5.74, 6) is -6.24. The number of carboxylic acid groups (broad SMARTS) is 2. The van der Waals surface area contributed by atoms with Crippen LogP contribution < -0.4 is 22.3 Å². The number of alkyl halides is 6. The van der Waals surface area contributed by atoms with Crippen LogP contribution in [0.3, 0.4) is 0 Å². The molecule has 0 spiro atoms. The topological polar surface area (TPSA) is 317 Å². The Morgan fingerprint density at radius 1 is 0.862 bits per heavy atom. The number of amides is 2. The van der Waals surface area contributed by atoms with Crippen molar-refractivity contribution in [3.05, 3.63) is 74.7 Å². The van der Waals surface area contributed by atoms with Gasteiger partial charge in [-0.25, -0.2) is 14.4 Å². The van der Waals surface area contributed by atoms with E-state index in [1.54, 1.807) is 13.1 Å². The Morgan fingerprint density at radius 2 is 1.43 bits per heavy atom. The lowest BCUT2D eigenvalue weighted by Crippen LogP contribution is -2.59. The molecule has 2 amide bonds. The maximum Gasteiger partial charge on any atom is 0.490 e. The van der Waals surface area contributed by atoms with Crippen LogP contribution in [0, 0.1) is 0 Å². The largest absolute Gasteiger partial charge is 0.490 e. The molecule has 21 nitrogen and oxygen atoms in total. The molecule has 27 heteroatoms. The number of aromatic nitrogens is 2. The molecule has 0 bridgehead atoms. The molecule has 1 aromatic heterocycles. The van der Waals surface area contributed by atoms with Gasteiger partial charge in [-0.3, -0.25) is 28.8 Å². The van der Waals surface area contributed by atoms with Gasteiger partial charge in [0.2, 0.25) is 5.91 Å². The van der Waals surface area contributed by atoms with E-state index in [9.17, 15) is 65.9 Å². The number of aliphatic hydroxyl groups is 4. The quantitative estimate of drug-likeness (QED) is 0.144. The highest BCUT2D eigenvalue weighted by molar-refractivity contribution is 6.06. The summed E-state index contributed by atoms with van der Waals surface area (Å²) < 4.78 is 82.2. The number of nitrogens with one attached hydrogen (secondary N) is 2. The average Bonchev–Trinajstić information content (AvgIpc) is 3.64. The Morgan fingerprint density at radius 3 is 1.94 bits per heavy atom. The molecule has 10 N–H and O–H groups in total. The molecule has 3 aliphatic heterocycles. The van der Waals surface area contributed by atoms with E-state index in [0.717, 1.165) is 34.6 Å². The number of carbonyl (C=O) groups is 4. The van der Waals surface area contributed by atoms with Crippen LogP contribution in [-0.4, -0.2) is 168 Å². The first-order valence-electron chi connectivity index (χ1n) is 19.7. The Balaban J connectivity index is 0.000000572. The van der Waals surface area contributed by atoms with Crippen molar-refractivity contribution in [2.75, 3.05) is 32.5 Å². The van der Waals surface area contributed by atoms with Crippen LogP contribution in [0.1, 0.15) is 49.8 Å². The number of nitrogens with zero attached hydrogens (tertiary/aromatic N) is 3. The molecule has 1 saturated carbocycles. The molecule has 362 valence electrons. The van der Waals surface area contributed by atoms with E-state index in [1.807, 2.05) is 24.3 Å². The fourth-order valence-corrected chi connectivity index (χ4v) is 7.42. The Labute approximate surface area is 363 Å². The number of aliphatic carboxylic acids is 2. The van der Waals surface area contributed by atoms with Gasteiger partial charge in [-0.15, -0.1) is 0 Å². The number of nitrogens with two attached hydrogens (primary N) is 1. The van der Waals surface area contributed by atoms with Crippen LogP contribution >= 0.6 is 0 Å². The molecule has 0 unspecified atom stereocenters. The number of hydrogen-bond donors (Lipinski definition) is 9. The molecule has 2 aromatic rings. The number of halogens is 6. The molecular weight excluding hydrogens is 894 g/mol. The number of carbonyl (C=O) groups excluding carboxylic acids is 2. The van der Waals surface area contributed by atoms with Gasteiger partial charge in [0, 0.05) is 38.1 Å². The summed E-state index contributed by atoms with van der Waals surface area (Å²) in [5.41, 5.74) is 5.88. The molecular formula is C38H48F6N6O15. The van der Waals surface area contributed by atoms with Crippen molar-refractivity contribution in [2.24, 2.45) is 5.73 Å². The minimum absolute atomic E-state index is 0.0281. The fourth-order valence-electron chi connectivity index (χ4n) is 7.42. The van der Waals surface area contributed by atoms with Crippen LogP contribution in [0.4, 0.5) is 32.0 Å². The molecule has 2 saturated heterocycles. The molecule has 1 aliphatic carbocycles. The van der Waals surface area contributed by atoms with E-state index < -0.39 is 109 Å². The number of aliphatic hydroxyl groups excluding tert-OH is 4. The van der Waals surface area contributed by atoms with Crippen molar-refractivity contribution in [3.8, 4) is 0 Å². The first kappa shape index (κ1) is 52.4. The summed E-state index contributed by atoms with van der Waals surface area (Å²) in [5, 5.41) is 60.7. The van der Waals surface area contributed by atoms with Gasteiger partial charge in [0.25, 0.3) is 11.5 Å². The lowest BCUT2D eigenvalue weighted by Gasteiger charge is -2.38. The van der Waals surface area contributed by atoms with Gasteiger partial charge < -0.3 is 60.8 Å². The van der Waals surface area contributed by atoms with Gasteiger partial charge in [0.15, 0.2) is 12.5 Å². The number of carboxylic acids is 2. The van der Waals surface area contributed by atoms with Crippen LogP contribution in [-0.2, 0) is 33.4 Å². The van der Waals surface area contributed by atoms with Crippen LogP contribution in [0.25, 0.3) is 0 Å². The summed E-state index contributed by atoms with van der Waals surface area (Å²) >= 11 is 0. The first-order chi connectivity index (χ1) is 30.3. The highest BCUT2D eigenvalue weighted by Gasteiger charge is 2.55. The van der Waals surface area contributed by atoms with Crippen LogP contribution in [0.2, 0.25) is 0 Å². The highest BCUT2D eigenvalue weighted by Crippen LogP contribution is 2.37. The second kappa shape index (κ2) is 21.8. The Bertz CT molecular complexity index is 2110. The number of ether oxygens (including phenoxy) is 3. The zero-order valence-electron chi connectivity index (χ0n) is 34.4. The number of aromatic amines is 1. The maximum absolute atomic E-state index is 14.3. The molecule has 3 fully saturated rings. The predicted molar refractivity (Wildman–Crippen MR) is 207 cm³/mol. The third kappa shape index (κ3) is 13.0. The van der Waals surface area contributed by atoms with Crippen LogP contribution in [0.15, 0.2) is 57.9 Å². The lowest BCUT2D eigenvalue weighted by atomic mass is 9.84. The zero-order valence-corrected chi connectivity index (χ0v) is 34.4. The number of likely N-dealkylation sites (N-methyl/N-ethyl adjacent to an activating group) is 2. The zero-order chi connectivity index (χ0) is 48.7. The summed E-state index contributed by atoms with van der Waals surface area (Å²) in [6, 6.07) is 7.38. The molecule has 0 radical (unpaired) electrons. The van der Waals surface area contributed by atoms with Gasteiger partial charge in [-0.2, -0.15) is 26.3 Å². The van der Waals surface area contributed by atoms with Crippen molar-refractivity contribution >= 4 is 29.4 Å². The molecule has 4 aliphatic rings. The van der Waals surface area contributed by atoms with Crippen molar-refractivity contribution in [1.82, 2.24) is 19.4 Å². The van der Waals surface area contributed by atoms with E-state index in [0.29, 0.717) is 11.6 Å². The smallest absolute Gasteiger partial charge is 0.475 e. The second-order valence-corrected chi connectivity index (χ2v) is 15.2. The minimum atomic E-state index is -5.08. The minimum Gasteiger partial charge on any atom is -0.475 e. The standard InChI is InChI=1S/C34H46N6O11.2C2HF3O2/c1-38-14-12-20(30(46)36-19-10-8-18(9-11-19)17-6-4-3-5-7-17)39(2)31(47)23(38)28(51-33-27(45)24(42)21(16-35)49-33)29-25(43)26(44)32(50-29)40-15-13-22(41)37-34(40)48;2*3-2(4,5)1(6)7/h8-13,15,17,21,23-29,32-33,42-45H,3-7,14,16,35H2,1-2H3,(H,36,46)(H,37,41,48);2*(H,6,7)/t21-,23+,24-,25+,26-,27-,28+,29+,32-,33+;;/m1../s1. The molecule has 6 rings (SSSR count). The first-order valence-corrected chi connectivity index (χ1v) is 19.7. The van der Waals surface area contributed by atoms with Gasteiger partial charge in [0.1, 0.15) is 54.5 Å². The van der Waals surface area contributed by atoms with Gasteiger partial charge in [-0.1, -0.05) is 31.4 Å². The van der Waals surface area contributed by atoms with Gasteiger partial charge in [0.05, 0.1) is 0 Å². The van der Waals surface area contributed by atoms with Crippen molar-refractivity contribution in [1.29, 1.82) is 0 Å².